The highest BCUT2D eigenvalue weighted by Crippen LogP contribution is 2.25. The van der Waals surface area contributed by atoms with Crippen molar-refractivity contribution >= 4 is 22.3 Å². The van der Waals surface area contributed by atoms with Gasteiger partial charge in [-0.25, -0.2) is 0 Å². The van der Waals surface area contributed by atoms with Crippen LogP contribution in [-0.4, -0.2) is 20.7 Å². The second kappa shape index (κ2) is 12.1. The van der Waals surface area contributed by atoms with Crippen LogP contribution in [0.1, 0.15) is 33.3 Å². The molecule has 0 aliphatic carbocycles. The second-order valence-corrected chi connectivity index (χ2v) is 7.12. The Hall–Kier alpha value is -4.08. The highest BCUT2D eigenvalue weighted by molar-refractivity contribution is 5.93. The molecular formula is C26H29F3N4O3. The molecule has 7 nitrogen and oxygen atoms in total. The van der Waals surface area contributed by atoms with E-state index in [2.05, 4.69) is 15.2 Å². The third-order valence-electron chi connectivity index (χ3n) is 4.74. The topological polar surface area (TPSA) is 78.2 Å². The number of fused-ring (bicyclic) bond motifs is 1. The number of benzene rings is 2. The Morgan fingerprint density at radius 3 is 2.14 bits per heavy atom. The van der Waals surface area contributed by atoms with Gasteiger partial charge >= 0.3 is 6.36 Å². The molecule has 4 rings (SSSR count). The van der Waals surface area contributed by atoms with Crippen LogP contribution in [0.25, 0.3) is 16.5 Å². The number of nitrogens with one attached hydrogen (secondary N) is 1. The largest absolute Gasteiger partial charge is 0.573 e. The molecule has 2 aromatic carbocycles. The maximum Gasteiger partial charge on any atom is 0.573 e. The monoisotopic (exact) mass is 502 g/mol. The first-order chi connectivity index (χ1) is 17.1. The minimum Gasteiger partial charge on any atom is -0.406 e. The average Bonchev–Trinajstić information content (AvgIpc) is 2.86. The molecule has 2 heterocycles. The molecule has 0 bridgehead atoms. The molecular weight excluding hydrogens is 473 g/mol. The van der Waals surface area contributed by atoms with Crippen molar-refractivity contribution in [2.75, 3.05) is 5.32 Å². The van der Waals surface area contributed by atoms with Gasteiger partial charge in [-0.1, -0.05) is 45.4 Å². The standard InChI is InChI=1S/C22H17F3N4O3.2C2H6/c1-13-5-10-16-17(12-13)20(30)29(14-6-8-15(9-7-14)32-22(23,24)25)27-19(16)26-18-4-3-11-28(2)21(18)31;2*1-2/h3-12H,1-2H3,(H,26,27);2*1-2H3. The Morgan fingerprint density at radius 1 is 0.889 bits per heavy atom. The van der Waals surface area contributed by atoms with Crippen molar-refractivity contribution in [3.63, 3.8) is 0 Å². The summed E-state index contributed by atoms with van der Waals surface area (Å²) in [5, 5.41) is 8.17. The van der Waals surface area contributed by atoms with Gasteiger partial charge in [0.25, 0.3) is 11.1 Å². The minimum atomic E-state index is -4.82. The second-order valence-electron chi connectivity index (χ2n) is 7.12. The van der Waals surface area contributed by atoms with Crippen molar-refractivity contribution in [3.8, 4) is 11.4 Å². The fourth-order valence-corrected chi connectivity index (χ4v) is 3.23. The van der Waals surface area contributed by atoms with Gasteiger partial charge in [-0.15, -0.1) is 18.3 Å². The van der Waals surface area contributed by atoms with E-state index >= 15 is 0 Å². The maximum atomic E-state index is 13.1. The van der Waals surface area contributed by atoms with Gasteiger partial charge in [-0.05, 0) is 49.4 Å². The smallest absolute Gasteiger partial charge is 0.406 e. The van der Waals surface area contributed by atoms with E-state index in [4.69, 9.17) is 0 Å². The van der Waals surface area contributed by atoms with Gasteiger partial charge in [-0.2, -0.15) is 4.68 Å². The number of hydrogen-bond acceptors (Lipinski definition) is 5. The van der Waals surface area contributed by atoms with Crippen molar-refractivity contribution < 1.29 is 17.9 Å². The van der Waals surface area contributed by atoms with Crippen molar-refractivity contribution in [1.29, 1.82) is 0 Å². The number of alkyl halides is 3. The molecule has 4 aromatic rings. The van der Waals surface area contributed by atoms with Gasteiger partial charge in [0.2, 0.25) is 0 Å². The lowest BCUT2D eigenvalue weighted by molar-refractivity contribution is -0.274. The lowest BCUT2D eigenvalue weighted by Crippen LogP contribution is -2.24. The van der Waals surface area contributed by atoms with E-state index in [-0.39, 0.29) is 22.8 Å². The van der Waals surface area contributed by atoms with Crippen LogP contribution in [0.3, 0.4) is 0 Å². The molecule has 192 valence electrons. The highest BCUT2D eigenvalue weighted by atomic mass is 19.4. The number of nitrogens with zero attached hydrogens (tertiary/aromatic N) is 3. The van der Waals surface area contributed by atoms with Gasteiger partial charge in [0.15, 0.2) is 5.82 Å². The predicted octanol–water partition coefficient (Wildman–Crippen LogP) is 6.09. The molecule has 36 heavy (non-hydrogen) atoms. The molecule has 0 aliphatic heterocycles. The molecule has 0 spiro atoms. The van der Waals surface area contributed by atoms with E-state index in [1.165, 1.54) is 16.7 Å². The van der Waals surface area contributed by atoms with Crippen molar-refractivity contribution in [1.82, 2.24) is 14.3 Å². The molecule has 0 atom stereocenters. The summed E-state index contributed by atoms with van der Waals surface area (Å²) in [5.41, 5.74) is 0.573. The van der Waals surface area contributed by atoms with E-state index < -0.39 is 17.7 Å². The quantitative estimate of drug-likeness (QED) is 0.366. The Morgan fingerprint density at radius 2 is 1.53 bits per heavy atom. The summed E-state index contributed by atoms with van der Waals surface area (Å²) in [7, 11) is 1.61. The summed E-state index contributed by atoms with van der Waals surface area (Å²) in [5.74, 6) is -0.171. The van der Waals surface area contributed by atoms with Crippen molar-refractivity contribution in [3.05, 3.63) is 87.1 Å². The number of anilines is 2. The zero-order chi connectivity index (χ0) is 27.0. The zero-order valence-electron chi connectivity index (χ0n) is 21.0. The van der Waals surface area contributed by atoms with Crippen LogP contribution in [0.2, 0.25) is 0 Å². The fourth-order valence-electron chi connectivity index (χ4n) is 3.23. The summed E-state index contributed by atoms with van der Waals surface area (Å²) in [6.45, 7) is 9.83. The SMILES string of the molecule is CC.CC.Cc1ccc2c(Nc3cccn(C)c3=O)nn(-c3ccc(OC(F)(F)F)cc3)c(=O)c2c1. The molecule has 0 radical (unpaired) electrons. The van der Waals surface area contributed by atoms with Crippen LogP contribution < -0.4 is 21.2 Å². The van der Waals surface area contributed by atoms with Crippen LogP contribution in [0.4, 0.5) is 24.7 Å². The van der Waals surface area contributed by atoms with Gasteiger partial charge in [0.1, 0.15) is 11.4 Å². The summed E-state index contributed by atoms with van der Waals surface area (Å²) < 4.78 is 43.6. The molecule has 0 saturated carbocycles. The van der Waals surface area contributed by atoms with E-state index in [1.54, 1.807) is 37.5 Å². The van der Waals surface area contributed by atoms with Gasteiger partial charge in [-0.3, -0.25) is 9.59 Å². The van der Waals surface area contributed by atoms with Crippen LogP contribution in [0.15, 0.2) is 70.4 Å². The molecule has 0 amide bonds. The van der Waals surface area contributed by atoms with Gasteiger partial charge < -0.3 is 14.6 Å². The summed E-state index contributed by atoms with van der Waals surface area (Å²) in [6, 6.07) is 13.3. The van der Waals surface area contributed by atoms with E-state index in [0.29, 0.717) is 10.8 Å². The van der Waals surface area contributed by atoms with Gasteiger partial charge in [0.05, 0.1) is 11.1 Å². The van der Waals surface area contributed by atoms with Crippen molar-refractivity contribution in [2.24, 2.45) is 7.05 Å². The van der Waals surface area contributed by atoms with Crippen molar-refractivity contribution in [2.45, 2.75) is 41.0 Å². The fraction of sp³-hybridized carbons (Fsp3) is 0.269. The molecule has 10 heteroatoms. The molecule has 0 fully saturated rings. The number of aryl methyl sites for hydroxylation is 2. The molecule has 0 unspecified atom stereocenters. The Balaban J connectivity index is 0.00000109. The highest BCUT2D eigenvalue weighted by Gasteiger charge is 2.31. The third-order valence-corrected chi connectivity index (χ3v) is 4.74. The lowest BCUT2D eigenvalue weighted by Gasteiger charge is -2.14. The lowest BCUT2D eigenvalue weighted by atomic mass is 10.1. The average molecular weight is 503 g/mol. The van der Waals surface area contributed by atoms with E-state index in [1.807, 2.05) is 40.7 Å². The number of hydrogen-bond donors (Lipinski definition) is 1. The van der Waals surface area contributed by atoms with E-state index in [9.17, 15) is 22.8 Å². The Kier molecular flexibility index (Phi) is 9.43. The normalized spacial score (nSPS) is 10.6. The number of halogens is 3. The summed E-state index contributed by atoms with van der Waals surface area (Å²) in [4.78, 5) is 25.6. The predicted molar refractivity (Wildman–Crippen MR) is 136 cm³/mol. The number of aromatic nitrogens is 3. The Labute approximate surface area is 206 Å². The number of pyridine rings is 1. The summed E-state index contributed by atoms with van der Waals surface area (Å²) >= 11 is 0. The maximum absolute atomic E-state index is 13.1. The number of ether oxygens (including phenoxy) is 1. The van der Waals surface area contributed by atoms with Crippen LogP contribution >= 0.6 is 0 Å². The minimum absolute atomic E-state index is 0.233. The number of rotatable bonds is 4. The third kappa shape index (κ3) is 6.53. The van der Waals surface area contributed by atoms with E-state index in [0.717, 1.165) is 22.4 Å². The summed E-state index contributed by atoms with van der Waals surface area (Å²) in [6.07, 6.45) is -3.22. The first kappa shape index (κ1) is 28.2. The molecule has 0 saturated heterocycles. The zero-order valence-corrected chi connectivity index (χ0v) is 21.0. The van der Waals surface area contributed by atoms with Crippen LogP contribution in [-0.2, 0) is 7.05 Å². The molecule has 0 aliphatic rings. The molecule has 1 N–H and O–H groups in total. The van der Waals surface area contributed by atoms with Crippen LogP contribution in [0.5, 0.6) is 5.75 Å². The van der Waals surface area contributed by atoms with Gasteiger partial charge in [0, 0.05) is 18.6 Å². The molecule has 2 aromatic heterocycles. The van der Waals surface area contributed by atoms with Crippen LogP contribution in [0, 0.1) is 6.92 Å². The Bertz CT molecular complexity index is 1430. The first-order valence-corrected chi connectivity index (χ1v) is 11.4. The first-order valence-electron chi connectivity index (χ1n) is 11.4.